The first-order valence-electron chi connectivity index (χ1n) is 11.0. The van der Waals surface area contributed by atoms with Crippen LogP contribution < -0.4 is 10.5 Å². The van der Waals surface area contributed by atoms with Crippen LogP contribution >= 0.6 is 24.0 Å². The Bertz CT molecular complexity index is 1040. The Morgan fingerprint density at radius 3 is 2.52 bits per heavy atom. The highest BCUT2D eigenvalue weighted by molar-refractivity contribution is 8.26. The second-order valence-electron chi connectivity index (χ2n) is 7.61. The summed E-state index contributed by atoms with van der Waals surface area (Å²) in [7, 11) is 0. The Labute approximate surface area is 193 Å². The number of fused-ring (bicyclic) bond motifs is 1. The summed E-state index contributed by atoms with van der Waals surface area (Å²) < 4.78 is 2.09. The maximum absolute atomic E-state index is 13.4. The molecule has 0 N–H and O–H groups in total. The molecule has 0 spiro atoms. The number of aromatic nitrogens is 2. The fraction of sp³-hybridized carbons (Fsp3) is 0.478. The van der Waals surface area contributed by atoms with Crippen molar-refractivity contribution in [1.29, 1.82) is 0 Å². The lowest BCUT2D eigenvalue weighted by atomic mass is 10.2. The van der Waals surface area contributed by atoms with E-state index in [-0.39, 0.29) is 11.5 Å². The predicted molar refractivity (Wildman–Crippen MR) is 134 cm³/mol. The lowest BCUT2D eigenvalue weighted by Crippen LogP contribution is -2.31. The van der Waals surface area contributed by atoms with Gasteiger partial charge in [0.25, 0.3) is 11.5 Å². The standard InChI is InChI=1S/C23H30N4O2S2/c1-4-7-9-15-27-22(29)18(31-23(27)30)16-17-20(25(12-5-2)13-6-3)24-19-11-8-10-14-26(19)21(17)28/h8,10-11,14,16H,4-7,9,12-13,15H2,1-3H3. The molecule has 1 aliphatic heterocycles. The Kier molecular flexibility index (Phi) is 8.26. The van der Waals surface area contributed by atoms with Crippen LogP contribution in [0.25, 0.3) is 11.7 Å². The van der Waals surface area contributed by atoms with Gasteiger partial charge in [0.2, 0.25) is 0 Å². The van der Waals surface area contributed by atoms with Crippen LogP contribution in [-0.4, -0.2) is 44.1 Å². The van der Waals surface area contributed by atoms with Gasteiger partial charge in [0.05, 0.1) is 10.5 Å². The van der Waals surface area contributed by atoms with Crippen molar-refractivity contribution in [3.63, 3.8) is 0 Å². The summed E-state index contributed by atoms with van der Waals surface area (Å²) in [5, 5.41) is 0. The summed E-state index contributed by atoms with van der Waals surface area (Å²) in [5.41, 5.74) is 0.873. The summed E-state index contributed by atoms with van der Waals surface area (Å²) in [6.45, 7) is 8.55. The summed E-state index contributed by atoms with van der Waals surface area (Å²) in [5.74, 6) is 0.517. The quantitative estimate of drug-likeness (QED) is 0.292. The molecule has 8 heteroatoms. The van der Waals surface area contributed by atoms with Gasteiger partial charge in [-0.1, -0.05) is 63.7 Å². The number of anilines is 1. The maximum Gasteiger partial charge on any atom is 0.267 e. The maximum atomic E-state index is 13.4. The van der Waals surface area contributed by atoms with Crippen LogP contribution in [0.4, 0.5) is 5.82 Å². The van der Waals surface area contributed by atoms with Crippen LogP contribution in [-0.2, 0) is 4.79 Å². The zero-order valence-electron chi connectivity index (χ0n) is 18.5. The number of carbonyl (C=O) groups excluding carboxylic acids is 1. The van der Waals surface area contributed by atoms with E-state index in [1.54, 1.807) is 17.2 Å². The molecule has 3 heterocycles. The molecule has 2 aromatic rings. The van der Waals surface area contributed by atoms with Crippen molar-refractivity contribution in [3.8, 4) is 0 Å². The second kappa shape index (κ2) is 10.9. The minimum atomic E-state index is -0.172. The highest BCUT2D eigenvalue weighted by Crippen LogP contribution is 2.33. The van der Waals surface area contributed by atoms with Gasteiger partial charge in [-0.2, -0.15) is 0 Å². The molecule has 0 aliphatic carbocycles. The SMILES string of the molecule is CCCCCN1C(=O)C(=Cc2c(N(CCC)CCC)nc3ccccn3c2=O)SC1=S. The smallest absolute Gasteiger partial charge is 0.267 e. The minimum absolute atomic E-state index is 0.118. The van der Waals surface area contributed by atoms with Gasteiger partial charge in [-0.3, -0.25) is 18.9 Å². The number of unbranched alkanes of at least 4 members (excludes halogenated alkanes) is 2. The van der Waals surface area contributed by atoms with Crippen molar-refractivity contribution >= 4 is 51.7 Å². The van der Waals surface area contributed by atoms with Crippen molar-refractivity contribution in [1.82, 2.24) is 14.3 Å². The van der Waals surface area contributed by atoms with Crippen LogP contribution in [0.15, 0.2) is 34.1 Å². The summed E-state index contributed by atoms with van der Waals surface area (Å²) in [6.07, 6.45) is 8.34. The van der Waals surface area contributed by atoms with E-state index in [0.29, 0.717) is 32.8 Å². The van der Waals surface area contributed by atoms with E-state index in [0.717, 1.165) is 45.2 Å². The van der Waals surface area contributed by atoms with Crippen LogP contribution in [0.5, 0.6) is 0 Å². The second-order valence-corrected chi connectivity index (χ2v) is 9.29. The highest BCUT2D eigenvalue weighted by Gasteiger charge is 2.32. The number of pyridine rings is 1. The lowest BCUT2D eigenvalue weighted by molar-refractivity contribution is -0.122. The summed E-state index contributed by atoms with van der Waals surface area (Å²) in [4.78, 5) is 35.5. The largest absolute Gasteiger partial charge is 0.356 e. The number of thiocarbonyl (C=S) groups is 1. The normalized spacial score (nSPS) is 15.5. The molecule has 0 aromatic carbocycles. The van der Waals surface area contributed by atoms with Gasteiger partial charge in [0.15, 0.2) is 0 Å². The van der Waals surface area contributed by atoms with Crippen molar-refractivity contribution in [2.75, 3.05) is 24.5 Å². The lowest BCUT2D eigenvalue weighted by Gasteiger charge is -2.24. The molecule has 0 bridgehead atoms. The molecule has 0 saturated carbocycles. The molecule has 0 radical (unpaired) electrons. The van der Waals surface area contributed by atoms with Gasteiger partial charge in [-0.15, -0.1) is 0 Å². The first-order valence-corrected chi connectivity index (χ1v) is 12.3. The summed E-state index contributed by atoms with van der Waals surface area (Å²) >= 11 is 6.73. The van der Waals surface area contributed by atoms with E-state index in [4.69, 9.17) is 17.2 Å². The van der Waals surface area contributed by atoms with Gasteiger partial charge < -0.3 is 4.90 Å². The highest BCUT2D eigenvalue weighted by atomic mass is 32.2. The minimum Gasteiger partial charge on any atom is -0.356 e. The van der Waals surface area contributed by atoms with Crippen LogP contribution in [0, 0.1) is 0 Å². The van der Waals surface area contributed by atoms with E-state index in [1.165, 1.54) is 16.2 Å². The fourth-order valence-corrected chi connectivity index (χ4v) is 4.96. The third kappa shape index (κ3) is 5.18. The van der Waals surface area contributed by atoms with E-state index in [1.807, 2.05) is 18.2 Å². The third-order valence-corrected chi connectivity index (χ3v) is 6.55. The third-order valence-electron chi connectivity index (χ3n) is 5.17. The van der Waals surface area contributed by atoms with Gasteiger partial charge >= 0.3 is 0 Å². The van der Waals surface area contributed by atoms with Gasteiger partial charge in [-0.05, 0) is 37.5 Å². The Hall–Kier alpha value is -2.19. The van der Waals surface area contributed by atoms with Gasteiger partial charge in [-0.25, -0.2) is 4.98 Å². The molecular formula is C23H30N4O2S2. The monoisotopic (exact) mass is 458 g/mol. The molecule has 1 fully saturated rings. The van der Waals surface area contributed by atoms with Crippen molar-refractivity contribution in [2.45, 2.75) is 52.9 Å². The number of carbonyl (C=O) groups is 1. The number of hydrogen-bond donors (Lipinski definition) is 0. The van der Waals surface area contributed by atoms with Crippen molar-refractivity contribution < 1.29 is 4.79 Å². The molecule has 31 heavy (non-hydrogen) atoms. The molecule has 2 aromatic heterocycles. The molecule has 1 amide bonds. The van der Waals surface area contributed by atoms with Gasteiger partial charge in [0, 0.05) is 25.8 Å². The predicted octanol–water partition coefficient (Wildman–Crippen LogP) is 4.71. The van der Waals surface area contributed by atoms with E-state index in [9.17, 15) is 9.59 Å². The van der Waals surface area contributed by atoms with Gasteiger partial charge in [0.1, 0.15) is 15.8 Å². The van der Waals surface area contributed by atoms with Crippen molar-refractivity contribution in [2.24, 2.45) is 0 Å². The first-order chi connectivity index (χ1) is 15.0. The van der Waals surface area contributed by atoms with Crippen LogP contribution in [0.2, 0.25) is 0 Å². The van der Waals surface area contributed by atoms with E-state index >= 15 is 0 Å². The van der Waals surface area contributed by atoms with Crippen LogP contribution in [0.3, 0.4) is 0 Å². The Morgan fingerprint density at radius 1 is 1.10 bits per heavy atom. The molecule has 0 atom stereocenters. The zero-order valence-corrected chi connectivity index (χ0v) is 20.1. The van der Waals surface area contributed by atoms with Crippen molar-refractivity contribution in [3.05, 3.63) is 45.2 Å². The van der Waals surface area contributed by atoms with Crippen LogP contribution in [0.1, 0.15) is 58.4 Å². The molecule has 0 unspecified atom stereocenters. The molecule has 1 saturated heterocycles. The Morgan fingerprint density at radius 2 is 1.84 bits per heavy atom. The number of hydrogen-bond acceptors (Lipinski definition) is 6. The molecular weight excluding hydrogens is 428 g/mol. The number of rotatable bonds is 10. The number of thioether (sulfide) groups is 1. The molecule has 1 aliphatic rings. The fourth-order valence-electron chi connectivity index (χ4n) is 3.67. The average molecular weight is 459 g/mol. The molecule has 6 nitrogen and oxygen atoms in total. The summed E-state index contributed by atoms with van der Waals surface area (Å²) in [6, 6.07) is 5.51. The zero-order chi connectivity index (χ0) is 22.4. The number of nitrogens with zero attached hydrogens (tertiary/aromatic N) is 4. The Balaban J connectivity index is 2.09. The topological polar surface area (TPSA) is 57.9 Å². The first kappa shape index (κ1) is 23.5. The van der Waals surface area contributed by atoms with E-state index < -0.39 is 0 Å². The molecule has 3 rings (SSSR count). The van der Waals surface area contributed by atoms with E-state index in [2.05, 4.69) is 25.7 Å². The molecule has 166 valence electrons. The number of amides is 1. The average Bonchev–Trinajstić information content (AvgIpc) is 3.03.